The average Bonchev–Trinajstić information content (AvgIpc) is 3.29. The number of carbonyl (C=O) groups is 2. The van der Waals surface area contributed by atoms with Crippen LogP contribution in [0.25, 0.3) is 0 Å². The lowest BCUT2D eigenvalue weighted by Gasteiger charge is -2.12. The Hall–Kier alpha value is -1.88. The molecule has 3 N–H and O–H groups in total. The van der Waals surface area contributed by atoms with Crippen LogP contribution in [0.2, 0.25) is 0 Å². The van der Waals surface area contributed by atoms with Crippen LogP contribution in [-0.2, 0) is 4.79 Å². The van der Waals surface area contributed by atoms with E-state index in [1.165, 1.54) is 0 Å². The third-order valence-electron chi connectivity index (χ3n) is 3.40. The van der Waals surface area contributed by atoms with Gasteiger partial charge in [0.1, 0.15) is 0 Å². The fourth-order valence-electron chi connectivity index (χ4n) is 1.78. The highest BCUT2D eigenvalue weighted by Crippen LogP contribution is 2.30. The molecule has 0 spiro atoms. The first-order valence-corrected chi connectivity index (χ1v) is 6.96. The second-order valence-electron chi connectivity index (χ2n) is 5.24. The molecule has 1 fully saturated rings. The number of nitrogens with one attached hydrogen (secondary N) is 3. The van der Waals surface area contributed by atoms with E-state index in [1.54, 1.807) is 24.3 Å². The monoisotopic (exact) mass is 275 g/mol. The Morgan fingerprint density at radius 2 is 2.10 bits per heavy atom. The summed E-state index contributed by atoms with van der Waals surface area (Å²) in [6.07, 6.45) is 1.93. The van der Waals surface area contributed by atoms with Crippen molar-refractivity contribution in [2.45, 2.75) is 25.8 Å². The van der Waals surface area contributed by atoms with Crippen LogP contribution in [0, 0.1) is 5.92 Å². The lowest BCUT2D eigenvalue weighted by atomic mass is 10.1. The Bertz CT molecular complexity index is 498. The standard InChI is InChI=1S/C15H21N3O2/c1-10(16-2)9-17-14(19)12-4-3-5-13(8-12)18-15(20)11-6-7-11/h3-5,8,10-11,16H,6-7,9H2,1-2H3,(H,17,19)(H,18,20). The summed E-state index contributed by atoms with van der Waals surface area (Å²) in [7, 11) is 1.85. The van der Waals surface area contributed by atoms with Crippen molar-refractivity contribution in [1.29, 1.82) is 0 Å². The van der Waals surface area contributed by atoms with Gasteiger partial charge in [-0.15, -0.1) is 0 Å². The third kappa shape index (κ3) is 4.06. The molecule has 1 aromatic rings. The maximum absolute atomic E-state index is 12.0. The molecular weight excluding hydrogens is 254 g/mol. The molecule has 2 amide bonds. The lowest BCUT2D eigenvalue weighted by Crippen LogP contribution is -2.37. The number of carbonyl (C=O) groups excluding carboxylic acids is 2. The van der Waals surface area contributed by atoms with Gasteiger partial charge < -0.3 is 16.0 Å². The minimum Gasteiger partial charge on any atom is -0.350 e. The first-order chi connectivity index (χ1) is 9.60. The van der Waals surface area contributed by atoms with Gasteiger partial charge in [-0.05, 0) is 45.0 Å². The van der Waals surface area contributed by atoms with Crippen molar-refractivity contribution in [2.75, 3.05) is 18.9 Å². The van der Waals surface area contributed by atoms with Crippen LogP contribution in [0.4, 0.5) is 5.69 Å². The molecule has 0 aromatic heterocycles. The van der Waals surface area contributed by atoms with E-state index in [0.717, 1.165) is 12.8 Å². The highest BCUT2D eigenvalue weighted by atomic mass is 16.2. The number of amides is 2. The van der Waals surface area contributed by atoms with Crippen LogP contribution >= 0.6 is 0 Å². The molecule has 1 aliphatic carbocycles. The zero-order chi connectivity index (χ0) is 14.5. The molecule has 5 nitrogen and oxygen atoms in total. The SMILES string of the molecule is CNC(C)CNC(=O)c1cccc(NC(=O)C2CC2)c1. The summed E-state index contributed by atoms with van der Waals surface area (Å²) in [6, 6.07) is 7.24. The topological polar surface area (TPSA) is 70.2 Å². The van der Waals surface area contributed by atoms with E-state index in [2.05, 4.69) is 16.0 Å². The average molecular weight is 275 g/mol. The minimum absolute atomic E-state index is 0.0476. The Kier molecular flexibility index (Phi) is 4.74. The second kappa shape index (κ2) is 6.52. The quantitative estimate of drug-likeness (QED) is 0.734. The maximum Gasteiger partial charge on any atom is 0.251 e. The molecule has 1 unspecified atom stereocenters. The fourth-order valence-corrected chi connectivity index (χ4v) is 1.78. The Morgan fingerprint density at radius 3 is 2.75 bits per heavy atom. The zero-order valence-corrected chi connectivity index (χ0v) is 11.9. The van der Waals surface area contributed by atoms with E-state index >= 15 is 0 Å². The van der Waals surface area contributed by atoms with Gasteiger partial charge in [-0.1, -0.05) is 6.07 Å². The van der Waals surface area contributed by atoms with E-state index < -0.39 is 0 Å². The lowest BCUT2D eigenvalue weighted by molar-refractivity contribution is -0.117. The van der Waals surface area contributed by atoms with E-state index in [-0.39, 0.29) is 23.8 Å². The van der Waals surface area contributed by atoms with Gasteiger partial charge in [-0.25, -0.2) is 0 Å². The Morgan fingerprint density at radius 1 is 1.35 bits per heavy atom. The summed E-state index contributed by atoms with van der Waals surface area (Å²) >= 11 is 0. The van der Waals surface area contributed by atoms with Crippen LogP contribution in [-0.4, -0.2) is 31.4 Å². The van der Waals surface area contributed by atoms with E-state index in [0.29, 0.717) is 17.8 Å². The number of anilines is 1. The second-order valence-corrected chi connectivity index (χ2v) is 5.24. The molecule has 0 radical (unpaired) electrons. The number of hydrogen-bond acceptors (Lipinski definition) is 3. The molecule has 0 heterocycles. The van der Waals surface area contributed by atoms with Crippen molar-refractivity contribution >= 4 is 17.5 Å². The smallest absolute Gasteiger partial charge is 0.251 e. The summed E-state index contributed by atoms with van der Waals surface area (Å²) < 4.78 is 0. The van der Waals surface area contributed by atoms with Gasteiger partial charge in [0.2, 0.25) is 5.91 Å². The van der Waals surface area contributed by atoms with Crippen molar-refractivity contribution < 1.29 is 9.59 Å². The zero-order valence-electron chi connectivity index (χ0n) is 11.9. The Balaban J connectivity index is 1.94. The van der Waals surface area contributed by atoms with Crippen molar-refractivity contribution in [3.05, 3.63) is 29.8 Å². The van der Waals surface area contributed by atoms with Crippen molar-refractivity contribution in [1.82, 2.24) is 10.6 Å². The Labute approximate surface area is 119 Å². The highest BCUT2D eigenvalue weighted by Gasteiger charge is 2.29. The fraction of sp³-hybridized carbons (Fsp3) is 0.467. The molecule has 20 heavy (non-hydrogen) atoms. The summed E-state index contributed by atoms with van der Waals surface area (Å²) in [5.74, 6) is 0.0740. The van der Waals surface area contributed by atoms with Crippen molar-refractivity contribution in [2.24, 2.45) is 5.92 Å². The van der Waals surface area contributed by atoms with Crippen LogP contribution in [0.3, 0.4) is 0 Å². The van der Waals surface area contributed by atoms with Gasteiger partial charge in [0.15, 0.2) is 0 Å². The van der Waals surface area contributed by atoms with Crippen molar-refractivity contribution in [3.8, 4) is 0 Å². The molecule has 108 valence electrons. The van der Waals surface area contributed by atoms with E-state index in [9.17, 15) is 9.59 Å². The largest absolute Gasteiger partial charge is 0.350 e. The number of likely N-dealkylation sites (N-methyl/N-ethyl adjacent to an activating group) is 1. The van der Waals surface area contributed by atoms with E-state index in [1.807, 2.05) is 14.0 Å². The van der Waals surface area contributed by atoms with Crippen LogP contribution in [0.5, 0.6) is 0 Å². The first-order valence-electron chi connectivity index (χ1n) is 6.96. The molecule has 1 saturated carbocycles. The molecule has 5 heteroatoms. The first kappa shape index (κ1) is 14.5. The normalized spacial score (nSPS) is 15.5. The number of rotatable bonds is 6. The molecular formula is C15H21N3O2. The number of hydrogen-bond donors (Lipinski definition) is 3. The summed E-state index contributed by atoms with van der Waals surface area (Å²) in [5.41, 5.74) is 1.23. The maximum atomic E-state index is 12.0. The van der Waals surface area contributed by atoms with Gasteiger partial charge in [0.05, 0.1) is 0 Å². The third-order valence-corrected chi connectivity index (χ3v) is 3.40. The summed E-state index contributed by atoms with van der Waals surface area (Å²) in [6.45, 7) is 2.56. The van der Waals surface area contributed by atoms with Gasteiger partial charge in [-0.2, -0.15) is 0 Å². The van der Waals surface area contributed by atoms with Crippen LogP contribution < -0.4 is 16.0 Å². The van der Waals surface area contributed by atoms with E-state index in [4.69, 9.17) is 0 Å². The van der Waals surface area contributed by atoms with Crippen molar-refractivity contribution in [3.63, 3.8) is 0 Å². The van der Waals surface area contributed by atoms with Gasteiger partial charge >= 0.3 is 0 Å². The molecule has 1 aromatic carbocycles. The van der Waals surface area contributed by atoms with Crippen LogP contribution in [0.1, 0.15) is 30.1 Å². The predicted octanol–water partition coefficient (Wildman–Crippen LogP) is 1.37. The van der Waals surface area contributed by atoms with Gasteiger partial charge in [0.25, 0.3) is 5.91 Å². The molecule has 1 atom stereocenters. The summed E-state index contributed by atoms with van der Waals surface area (Å²) in [5, 5.41) is 8.75. The molecule has 0 aliphatic heterocycles. The molecule has 2 rings (SSSR count). The molecule has 0 bridgehead atoms. The predicted molar refractivity (Wildman–Crippen MR) is 78.7 cm³/mol. The van der Waals surface area contributed by atoms with Crippen LogP contribution in [0.15, 0.2) is 24.3 Å². The number of benzene rings is 1. The summed E-state index contributed by atoms with van der Waals surface area (Å²) in [4.78, 5) is 23.7. The van der Waals surface area contributed by atoms with Gasteiger partial charge in [0, 0.05) is 29.8 Å². The molecule has 1 aliphatic rings. The highest BCUT2D eigenvalue weighted by molar-refractivity contribution is 5.98. The molecule has 0 saturated heterocycles. The minimum atomic E-state index is -0.130. The van der Waals surface area contributed by atoms with Gasteiger partial charge in [-0.3, -0.25) is 9.59 Å².